The summed E-state index contributed by atoms with van der Waals surface area (Å²) in [5.74, 6) is -1.58. The second-order valence-electron chi connectivity index (χ2n) is 7.53. The lowest BCUT2D eigenvalue weighted by Crippen LogP contribution is -2.48. The van der Waals surface area contributed by atoms with Crippen LogP contribution >= 0.6 is 0 Å². The summed E-state index contributed by atoms with van der Waals surface area (Å²) in [5, 5.41) is 0. The van der Waals surface area contributed by atoms with E-state index in [1.54, 1.807) is 12.1 Å². The van der Waals surface area contributed by atoms with Gasteiger partial charge in [0.1, 0.15) is 0 Å². The summed E-state index contributed by atoms with van der Waals surface area (Å²) >= 11 is 0. The number of alkyl halides is 3. The Kier molecular flexibility index (Phi) is 6.97. The second kappa shape index (κ2) is 9.49. The molecule has 1 heterocycles. The Balaban J connectivity index is 1.97. The number of carbonyl (C=O) groups is 2. The van der Waals surface area contributed by atoms with Crippen LogP contribution in [-0.2, 0) is 6.18 Å². The van der Waals surface area contributed by atoms with E-state index in [9.17, 15) is 22.8 Å². The number of primary amides is 1. The fourth-order valence-electron chi connectivity index (χ4n) is 3.62. The van der Waals surface area contributed by atoms with Crippen molar-refractivity contribution in [3.63, 3.8) is 0 Å². The minimum absolute atomic E-state index is 0.0821. The van der Waals surface area contributed by atoms with E-state index in [-0.39, 0.29) is 17.8 Å². The van der Waals surface area contributed by atoms with E-state index in [2.05, 4.69) is 9.80 Å². The van der Waals surface area contributed by atoms with Crippen LogP contribution in [0, 0.1) is 0 Å². The quantitative estimate of drug-likeness (QED) is 0.759. The van der Waals surface area contributed by atoms with Crippen LogP contribution in [0.5, 0.6) is 0 Å². The highest BCUT2D eigenvalue weighted by molar-refractivity contribution is 6.11. The largest absolute Gasteiger partial charge is 0.417 e. The monoisotopic (exact) mass is 434 g/mol. The van der Waals surface area contributed by atoms with Crippen molar-refractivity contribution in [3.8, 4) is 0 Å². The van der Waals surface area contributed by atoms with Gasteiger partial charge in [0.05, 0.1) is 22.4 Å². The molecule has 0 atom stereocenters. The first kappa shape index (κ1) is 22.8. The third-order valence-electron chi connectivity index (χ3n) is 5.40. The Morgan fingerprint density at radius 1 is 0.968 bits per heavy atom. The first-order chi connectivity index (χ1) is 14.7. The van der Waals surface area contributed by atoms with Gasteiger partial charge in [0.2, 0.25) is 0 Å². The molecular weight excluding hydrogens is 409 g/mol. The maximum absolute atomic E-state index is 13.5. The van der Waals surface area contributed by atoms with Gasteiger partial charge in [-0.25, -0.2) is 0 Å². The highest BCUT2D eigenvalue weighted by atomic mass is 19.4. The van der Waals surface area contributed by atoms with Gasteiger partial charge in [-0.1, -0.05) is 24.3 Å². The van der Waals surface area contributed by atoms with Gasteiger partial charge in [0.15, 0.2) is 0 Å². The van der Waals surface area contributed by atoms with Gasteiger partial charge in [-0.05, 0) is 31.3 Å². The molecule has 6 nitrogen and oxygen atoms in total. The molecule has 0 spiro atoms. The fraction of sp³-hybridized carbons (Fsp3) is 0.364. The van der Waals surface area contributed by atoms with Crippen LogP contribution in [0.25, 0.3) is 0 Å². The number of likely N-dealkylation sites (N-methyl/N-ethyl adjacent to an activating group) is 1. The van der Waals surface area contributed by atoms with Crippen molar-refractivity contribution in [2.24, 2.45) is 5.73 Å². The molecule has 1 aliphatic rings. The molecule has 1 fully saturated rings. The predicted molar refractivity (Wildman–Crippen MR) is 112 cm³/mol. The number of carbonyl (C=O) groups excluding carboxylic acids is 2. The molecule has 2 aromatic carbocycles. The molecule has 1 saturated heterocycles. The Hall–Kier alpha value is -2.91. The van der Waals surface area contributed by atoms with E-state index in [0.29, 0.717) is 6.54 Å². The Morgan fingerprint density at radius 3 is 2.16 bits per heavy atom. The zero-order valence-corrected chi connectivity index (χ0v) is 17.2. The van der Waals surface area contributed by atoms with Crippen molar-refractivity contribution in [3.05, 3.63) is 65.2 Å². The SMILES string of the molecule is CN1CCN(CCN(C(=O)c2ccccc2C(F)(F)F)c2ccccc2C(N)=O)CC1. The van der Waals surface area contributed by atoms with E-state index < -0.39 is 29.1 Å². The lowest BCUT2D eigenvalue weighted by Gasteiger charge is -2.34. The molecule has 9 heteroatoms. The molecule has 2 N–H and O–H groups in total. The van der Waals surface area contributed by atoms with Gasteiger partial charge in [-0.3, -0.25) is 14.5 Å². The lowest BCUT2D eigenvalue weighted by atomic mass is 10.0. The van der Waals surface area contributed by atoms with Crippen LogP contribution in [-0.4, -0.2) is 67.9 Å². The molecule has 31 heavy (non-hydrogen) atoms. The zero-order chi connectivity index (χ0) is 22.6. The zero-order valence-electron chi connectivity index (χ0n) is 17.2. The summed E-state index contributed by atoms with van der Waals surface area (Å²) in [6.45, 7) is 3.88. The Bertz CT molecular complexity index is 940. The Morgan fingerprint density at radius 2 is 1.55 bits per heavy atom. The molecule has 0 aromatic heterocycles. The highest BCUT2D eigenvalue weighted by Gasteiger charge is 2.36. The number of hydrogen-bond donors (Lipinski definition) is 1. The minimum Gasteiger partial charge on any atom is -0.366 e. The molecule has 2 amide bonds. The molecule has 0 bridgehead atoms. The van der Waals surface area contributed by atoms with Crippen LogP contribution in [0.3, 0.4) is 0 Å². The third-order valence-corrected chi connectivity index (χ3v) is 5.40. The van der Waals surface area contributed by atoms with Gasteiger partial charge in [0, 0.05) is 39.3 Å². The van der Waals surface area contributed by atoms with Crippen molar-refractivity contribution in [2.45, 2.75) is 6.18 Å². The van der Waals surface area contributed by atoms with E-state index in [4.69, 9.17) is 5.73 Å². The number of hydrogen-bond acceptors (Lipinski definition) is 4. The second-order valence-corrected chi connectivity index (χ2v) is 7.53. The first-order valence-corrected chi connectivity index (χ1v) is 9.96. The summed E-state index contributed by atoms with van der Waals surface area (Å²) in [7, 11) is 2.02. The topological polar surface area (TPSA) is 69.9 Å². The molecule has 1 aliphatic heterocycles. The number of para-hydroxylation sites is 1. The summed E-state index contributed by atoms with van der Waals surface area (Å²) in [4.78, 5) is 30.9. The average molecular weight is 434 g/mol. The molecule has 0 saturated carbocycles. The normalized spacial score (nSPS) is 15.6. The number of benzene rings is 2. The number of anilines is 1. The average Bonchev–Trinajstić information content (AvgIpc) is 2.74. The summed E-state index contributed by atoms with van der Waals surface area (Å²) in [6, 6.07) is 10.9. The van der Waals surface area contributed by atoms with Crippen molar-refractivity contribution in [2.75, 3.05) is 51.2 Å². The number of amides is 2. The summed E-state index contributed by atoms with van der Waals surface area (Å²) in [5.41, 5.74) is 4.28. The molecule has 2 aromatic rings. The van der Waals surface area contributed by atoms with Crippen LogP contribution < -0.4 is 10.6 Å². The molecule has 0 aliphatic carbocycles. The predicted octanol–water partition coefficient (Wildman–Crippen LogP) is 2.70. The van der Waals surface area contributed by atoms with Gasteiger partial charge in [0.25, 0.3) is 11.8 Å². The molecule has 166 valence electrons. The van der Waals surface area contributed by atoms with Crippen LogP contribution in [0.15, 0.2) is 48.5 Å². The maximum Gasteiger partial charge on any atom is 0.417 e. The molecule has 0 unspecified atom stereocenters. The molecule has 3 rings (SSSR count). The van der Waals surface area contributed by atoms with Gasteiger partial charge in [-0.15, -0.1) is 0 Å². The van der Waals surface area contributed by atoms with E-state index in [1.165, 1.54) is 29.2 Å². The number of halogens is 3. The standard InChI is InChI=1S/C22H25F3N4O2/c1-27-10-12-28(13-11-27)14-15-29(19-9-5-3-7-17(19)20(26)30)21(31)16-6-2-4-8-18(16)22(23,24)25/h2-9H,10-15H2,1H3,(H2,26,30). The van der Waals surface area contributed by atoms with E-state index in [1.807, 2.05) is 7.05 Å². The number of piperazine rings is 1. The summed E-state index contributed by atoms with van der Waals surface area (Å²) < 4.78 is 40.6. The number of nitrogens with two attached hydrogens (primary N) is 1. The summed E-state index contributed by atoms with van der Waals surface area (Å²) in [6.07, 6.45) is -4.68. The van der Waals surface area contributed by atoms with Crippen LogP contribution in [0.2, 0.25) is 0 Å². The maximum atomic E-state index is 13.5. The minimum atomic E-state index is -4.68. The third kappa shape index (κ3) is 5.42. The van der Waals surface area contributed by atoms with Crippen molar-refractivity contribution >= 4 is 17.5 Å². The van der Waals surface area contributed by atoms with Gasteiger partial charge >= 0.3 is 6.18 Å². The van der Waals surface area contributed by atoms with Crippen molar-refractivity contribution in [1.29, 1.82) is 0 Å². The van der Waals surface area contributed by atoms with E-state index in [0.717, 1.165) is 38.3 Å². The van der Waals surface area contributed by atoms with Crippen molar-refractivity contribution < 1.29 is 22.8 Å². The van der Waals surface area contributed by atoms with E-state index >= 15 is 0 Å². The Labute approximate surface area is 179 Å². The lowest BCUT2D eigenvalue weighted by molar-refractivity contribution is -0.137. The number of nitrogens with zero attached hydrogens (tertiary/aromatic N) is 3. The van der Waals surface area contributed by atoms with Gasteiger partial charge < -0.3 is 15.5 Å². The number of rotatable bonds is 6. The van der Waals surface area contributed by atoms with Crippen molar-refractivity contribution in [1.82, 2.24) is 9.80 Å². The fourth-order valence-corrected chi connectivity index (χ4v) is 3.62. The highest BCUT2D eigenvalue weighted by Crippen LogP contribution is 2.33. The smallest absolute Gasteiger partial charge is 0.366 e. The molecule has 0 radical (unpaired) electrons. The van der Waals surface area contributed by atoms with Crippen LogP contribution in [0.1, 0.15) is 26.3 Å². The van der Waals surface area contributed by atoms with Gasteiger partial charge in [-0.2, -0.15) is 13.2 Å². The molecular formula is C22H25F3N4O2. The first-order valence-electron chi connectivity index (χ1n) is 9.96. The van der Waals surface area contributed by atoms with Crippen LogP contribution in [0.4, 0.5) is 18.9 Å².